The number of amidine groups is 1. The molecule has 31 heavy (non-hydrogen) atoms. The second-order valence-electron chi connectivity index (χ2n) is 6.84. The fourth-order valence-electron chi connectivity index (χ4n) is 2.81. The number of rotatable bonds is 7. The lowest BCUT2D eigenvalue weighted by Crippen LogP contribution is -2.43. The zero-order valence-corrected chi connectivity index (χ0v) is 19.1. The van der Waals surface area contributed by atoms with Gasteiger partial charge in [-0.25, -0.2) is 4.99 Å². The zero-order chi connectivity index (χ0) is 22.4. The average molecular weight is 462 g/mol. The van der Waals surface area contributed by atoms with E-state index >= 15 is 0 Å². The lowest BCUT2D eigenvalue weighted by Gasteiger charge is -2.28. The van der Waals surface area contributed by atoms with E-state index in [1.54, 1.807) is 49.5 Å². The van der Waals surface area contributed by atoms with Gasteiger partial charge in [0.1, 0.15) is 16.7 Å². The number of ether oxygens (including phenoxy) is 2. The minimum absolute atomic E-state index is 0.0904. The van der Waals surface area contributed by atoms with Crippen LogP contribution in [-0.4, -0.2) is 47.9 Å². The van der Waals surface area contributed by atoms with Gasteiger partial charge >= 0.3 is 0 Å². The summed E-state index contributed by atoms with van der Waals surface area (Å²) >= 11 is 7.41. The molecule has 7 nitrogen and oxygen atoms in total. The average Bonchev–Trinajstić information content (AvgIpc) is 2.76. The molecule has 2 amide bonds. The van der Waals surface area contributed by atoms with Gasteiger partial charge in [-0.2, -0.15) is 0 Å². The molecule has 3 rings (SSSR count). The smallest absolute Gasteiger partial charge is 0.238 e. The van der Waals surface area contributed by atoms with Crippen molar-refractivity contribution in [2.45, 2.75) is 25.0 Å². The molecule has 0 aliphatic carbocycles. The highest BCUT2D eigenvalue weighted by Gasteiger charge is 2.34. The van der Waals surface area contributed by atoms with Crippen molar-refractivity contribution in [1.82, 2.24) is 4.90 Å². The number of hydrogen-bond acceptors (Lipinski definition) is 6. The van der Waals surface area contributed by atoms with E-state index in [9.17, 15) is 9.59 Å². The van der Waals surface area contributed by atoms with Gasteiger partial charge in [0, 0.05) is 19.2 Å². The van der Waals surface area contributed by atoms with E-state index in [-0.39, 0.29) is 18.2 Å². The molecule has 1 heterocycles. The van der Waals surface area contributed by atoms with Gasteiger partial charge in [-0.05, 0) is 48.9 Å². The van der Waals surface area contributed by atoms with E-state index in [4.69, 9.17) is 21.1 Å². The van der Waals surface area contributed by atoms with E-state index in [2.05, 4.69) is 10.3 Å². The van der Waals surface area contributed by atoms with Crippen LogP contribution >= 0.6 is 23.4 Å². The molecule has 0 bridgehead atoms. The maximum absolute atomic E-state index is 12.8. The van der Waals surface area contributed by atoms with Gasteiger partial charge in [-0.15, -0.1) is 0 Å². The Morgan fingerprint density at radius 2 is 2.03 bits per heavy atom. The molecule has 1 aliphatic heterocycles. The van der Waals surface area contributed by atoms with Crippen LogP contribution < -0.4 is 14.8 Å². The first kappa shape index (κ1) is 23.0. The van der Waals surface area contributed by atoms with Crippen LogP contribution in [0.25, 0.3) is 0 Å². The number of aliphatic imine (C=N–C) groups is 1. The molecular weight excluding hydrogens is 438 g/mol. The molecule has 2 aromatic rings. The number of hydrogen-bond donors (Lipinski definition) is 1. The maximum Gasteiger partial charge on any atom is 0.238 e. The predicted octanol–water partition coefficient (Wildman–Crippen LogP) is 4.73. The van der Waals surface area contributed by atoms with Gasteiger partial charge in [0.2, 0.25) is 11.8 Å². The van der Waals surface area contributed by atoms with Crippen molar-refractivity contribution in [1.29, 1.82) is 0 Å². The highest BCUT2D eigenvalue weighted by molar-refractivity contribution is 8.15. The third-order valence-electron chi connectivity index (χ3n) is 4.52. The highest BCUT2D eigenvalue weighted by atomic mass is 35.5. The number of thioether (sulfide) groups is 1. The number of benzene rings is 2. The Hall–Kier alpha value is -2.71. The largest absolute Gasteiger partial charge is 0.495 e. The van der Waals surface area contributed by atoms with Crippen molar-refractivity contribution < 1.29 is 19.1 Å². The van der Waals surface area contributed by atoms with E-state index in [1.807, 2.05) is 6.92 Å². The lowest BCUT2D eigenvalue weighted by atomic mass is 10.2. The van der Waals surface area contributed by atoms with Crippen LogP contribution in [-0.2, 0) is 9.59 Å². The van der Waals surface area contributed by atoms with E-state index < -0.39 is 5.25 Å². The number of nitrogens with zero attached hydrogens (tertiary/aromatic N) is 2. The second-order valence-corrected chi connectivity index (χ2v) is 8.42. The van der Waals surface area contributed by atoms with Crippen molar-refractivity contribution in [3.63, 3.8) is 0 Å². The summed E-state index contributed by atoms with van der Waals surface area (Å²) in [5.74, 6) is 0.848. The van der Waals surface area contributed by atoms with Crippen LogP contribution in [0.3, 0.4) is 0 Å². The van der Waals surface area contributed by atoms with E-state index in [0.717, 1.165) is 12.2 Å². The second kappa shape index (κ2) is 10.5. The maximum atomic E-state index is 12.8. The quantitative estimate of drug-likeness (QED) is 0.644. The number of carbonyl (C=O) groups is 2. The van der Waals surface area contributed by atoms with Crippen LogP contribution in [0.2, 0.25) is 5.02 Å². The number of amides is 2. The standard InChI is InChI=1S/C22H24ClN3O4S/c1-4-11-30-16-8-5-14(6-9-16)24-21(28)19-13-20(27)26(2)22(31-19)25-15-7-10-18(29-3)17(23)12-15/h5-10,12,19H,4,11,13H2,1-3H3,(H,24,28). The molecule has 2 aromatic carbocycles. The number of carbonyl (C=O) groups excluding carboxylic acids is 2. The zero-order valence-electron chi connectivity index (χ0n) is 17.6. The number of anilines is 1. The van der Waals surface area contributed by atoms with Crippen LogP contribution in [0.15, 0.2) is 47.5 Å². The fourth-order valence-corrected chi connectivity index (χ4v) is 4.13. The third-order valence-corrected chi connectivity index (χ3v) is 6.05. The monoisotopic (exact) mass is 461 g/mol. The number of halogens is 1. The summed E-state index contributed by atoms with van der Waals surface area (Å²) in [4.78, 5) is 31.2. The Morgan fingerprint density at radius 1 is 1.29 bits per heavy atom. The molecular formula is C22H24ClN3O4S. The van der Waals surface area contributed by atoms with Crippen molar-refractivity contribution >= 4 is 51.7 Å². The SMILES string of the molecule is CCCOc1ccc(NC(=O)C2CC(=O)N(C)C(=Nc3ccc(OC)c(Cl)c3)S2)cc1. The summed E-state index contributed by atoms with van der Waals surface area (Å²) in [5.41, 5.74) is 1.21. The van der Waals surface area contributed by atoms with Gasteiger partial charge in [-0.1, -0.05) is 30.3 Å². The van der Waals surface area contributed by atoms with Gasteiger partial charge < -0.3 is 14.8 Å². The van der Waals surface area contributed by atoms with Crippen molar-refractivity contribution in [2.24, 2.45) is 4.99 Å². The molecule has 164 valence electrons. The molecule has 1 atom stereocenters. The molecule has 0 aromatic heterocycles. The Morgan fingerprint density at radius 3 is 2.68 bits per heavy atom. The first-order valence-corrected chi connectivity index (χ1v) is 11.1. The van der Waals surface area contributed by atoms with Crippen molar-refractivity contribution in [3.05, 3.63) is 47.5 Å². The molecule has 0 spiro atoms. The van der Waals surface area contributed by atoms with Gasteiger partial charge in [0.15, 0.2) is 5.17 Å². The van der Waals surface area contributed by atoms with Crippen molar-refractivity contribution in [3.8, 4) is 11.5 Å². The fraction of sp³-hybridized carbons (Fsp3) is 0.318. The van der Waals surface area contributed by atoms with Crippen LogP contribution in [0, 0.1) is 0 Å². The molecule has 0 saturated carbocycles. The minimum Gasteiger partial charge on any atom is -0.495 e. The normalized spacial score (nSPS) is 17.5. The summed E-state index contributed by atoms with van der Waals surface area (Å²) in [6.45, 7) is 2.68. The highest BCUT2D eigenvalue weighted by Crippen LogP contribution is 2.32. The van der Waals surface area contributed by atoms with Crippen LogP contribution in [0.1, 0.15) is 19.8 Å². The van der Waals surface area contributed by atoms with E-state index in [0.29, 0.717) is 33.9 Å². The van der Waals surface area contributed by atoms with Gasteiger partial charge in [0.25, 0.3) is 0 Å². The summed E-state index contributed by atoms with van der Waals surface area (Å²) < 4.78 is 10.7. The summed E-state index contributed by atoms with van der Waals surface area (Å²) in [5, 5.41) is 3.12. The van der Waals surface area contributed by atoms with Crippen molar-refractivity contribution in [2.75, 3.05) is 26.1 Å². The first-order chi connectivity index (χ1) is 14.9. The van der Waals surface area contributed by atoms with E-state index in [1.165, 1.54) is 23.8 Å². The lowest BCUT2D eigenvalue weighted by molar-refractivity contribution is -0.128. The molecule has 1 aliphatic rings. The van der Waals surface area contributed by atoms with Crippen LogP contribution in [0.5, 0.6) is 11.5 Å². The Balaban J connectivity index is 1.71. The van der Waals surface area contributed by atoms with Crippen LogP contribution in [0.4, 0.5) is 11.4 Å². The molecule has 1 fully saturated rings. The molecule has 1 unspecified atom stereocenters. The third kappa shape index (κ3) is 5.92. The minimum atomic E-state index is -0.591. The Bertz CT molecular complexity index is 981. The molecule has 1 saturated heterocycles. The summed E-state index contributed by atoms with van der Waals surface area (Å²) in [6, 6.07) is 12.3. The topological polar surface area (TPSA) is 80.2 Å². The Kier molecular flexibility index (Phi) is 7.81. The predicted molar refractivity (Wildman–Crippen MR) is 125 cm³/mol. The summed E-state index contributed by atoms with van der Waals surface area (Å²) in [6.07, 6.45) is 1.01. The summed E-state index contributed by atoms with van der Waals surface area (Å²) in [7, 11) is 3.17. The van der Waals surface area contributed by atoms with Gasteiger partial charge in [0.05, 0.1) is 24.4 Å². The number of methoxy groups -OCH3 is 1. The van der Waals surface area contributed by atoms with Gasteiger partial charge in [-0.3, -0.25) is 14.5 Å². The Labute approximate surface area is 190 Å². The number of nitrogens with one attached hydrogen (secondary N) is 1. The molecule has 1 N–H and O–H groups in total. The molecule has 0 radical (unpaired) electrons. The first-order valence-electron chi connectivity index (χ1n) is 9.80. The molecule has 9 heteroatoms.